The lowest BCUT2D eigenvalue weighted by Gasteiger charge is -2.10. The highest BCUT2D eigenvalue weighted by molar-refractivity contribution is 14.1. The van der Waals surface area contributed by atoms with Gasteiger partial charge in [-0.2, -0.15) is 0 Å². The van der Waals surface area contributed by atoms with Gasteiger partial charge in [0.1, 0.15) is 0 Å². The topological polar surface area (TPSA) is 0 Å². The molecule has 0 N–H and O–H groups in total. The lowest BCUT2D eigenvalue weighted by atomic mass is 9.96. The lowest BCUT2D eigenvalue weighted by molar-refractivity contribution is 0.631. The molecule has 0 spiro atoms. The van der Waals surface area contributed by atoms with Crippen LogP contribution in [0.25, 0.3) is 11.1 Å². The van der Waals surface area contributed by atoms with E-state index in [1.165, 1.54) is 23.1 Å². The Morgan fingerprint density at radius 2 is 1.78 bits per heavy atom. The molecule has 3 rings (SSSR count). The van der Waals surface area contributed by atoms with Crippen molar-refractivity contribution in [2.75, 3.05) is 0 Å². The van der Waals surface area contributed by atoms with Gasteiger partial charge in [-0.15, -0.1) is 0 Å². The summed E-state index contributed by atoms with van der Waals surface area (Å²) in [6.45, 7) is 4.50. The first kappa shape index (κ1) is 12.2. The van der Waals surface area contributed by atoms with Crippen molar-refractivity contribution in [1.29, 1.82) is 0 Å². The van der Waals surface area contributed by atoms with Gasteiger partial charge in [0.2, 0.25) is 0 Å². The molecule has 92 valence electrons. The number of aryl methyl sites for hydroxylation is 1. The average molecular weight is 348 g/mol. The van der Waals surface area contributed by atoms with Crippen LogP contribution in [0.3, 0.4) is 0 Å². The van der Waals surface area contributed by atoms with E-state index in [-0.39, 0.29) is 0 Å². The second kappa shape index (κ2) is 4.69. The molecule has 1 aliphatic carbocycles. The highest BCUT2D eigenvalue weighted by Gasteiger charge is 2.28. The van der Waals surface area contributed by atoms with E-state index in [0.29, 0.717) is 3.92 Å². The van der Waals surface area contributed by atoms with Crippen molar-refractivity contribution < 1.29 is 0 Å². The number of alkyl halides is 1. The van der Waals surface area contributed by atoms with Crippen molar-refractivity contribution >= 4 is 22.6 Å². The molecule has 1 heteroatoms. The summed E-state index contributed by atoms with van der Waals surface area (Å²) in [6.07, 6.45) is 1.22. The molecule has 0 heterocycles. The molecule has 2 unspecified atom stereocenters. The first-order chi connectivity index (χ1) is 8.66. The van der Waals surface area contributed by atoms with E-state index >= 15 is 0 Å². The van der Waals surface area contributed by atoms with Crippen LogP contribution in [-0.2, 0) is 6.42 Å². The smallest absolute Gasteiger partial charge is 0.0391 e. The predicted molar refractivity (Wildman–Crippen MR) is 86.2 cm³/mol. The second-order valence-corrected chi connectivity index (χ2v) is 6.66. The maximum absolute atomic E-state index is 2.59. The van der Waals surface area contributed by atoms with Gasteiger partial charge < -0.3 is 0 Å². The molecule has 2 atom stereocenters. The third-order valence-electron chi connectivity index (χ3n) is 3.90. The normalized spacial score (nSPS) is 21.9. The molecule has 0 aliphatic heterocycles. The van der Waals surface area contributed by atoms with Gasteiger partial charge in [0, 0.05) is 3.92 Å². The van der Waals surface area contributed by atoms with Crippen LogP contribution in [0.4, 0.5) is 0 Å². The maximum atomic E-state index is 2.59. The largest absolute Gasteiger partial charge is 0.0771 e. The van der Waals surface area contributed by atoms with E-state index in [4.69, 9.17) is 0 Å². The SMILES string of the molecule is Cc1ccc(-c2cccc3c2CC(C)C3I)cc1. The van der Waals surface area contributed by atoms with Gasteiger partial charge in [-0.05, 0) is 41.5 Å². The molecule has 0 bridgehead atoms. The van der Waals surface area contributed by atoms with E-state index in [0.717, 1.165) is 5.92 Å². The van der Waals surface area contributed by atoms with Crippen molar-refractivity contribution in [3.63, 3.8) is 0 Å². The first-order valence-corrected chi connectivity index (χ1v) is 7.74. The van der Waals surface area contributed by atoms with E-state index in [9.17, 15) is 0 Å². The van der Waals surface area contributed by atoms with Crippen LogP contribution in [0.5, 0.6) is 0 Å². The fourth-order valence-corrected chi connectivity index (χ4v) is 3.66. The van der Waals surface area contributed by atoms with Crippen LogP contribution in [-0.4, -0.2) is 0 Å². The average Bonchev–Trinajstić information content (AvgIpc) is 2.67. The predicted octanol–water partition coefficient (Wildman–Crippen LogP) is 5.33. The molecule has 2 aromatic rings. The van der Waals surface area contributed by atoms with Gasteiger partial charge in [-0.1, -0.05) is 77.5 Å². The van der Waals surface area contributed by atoms with Gasteiger partial charge >= 0.3 is 0 Å². The van der Waals surface area contributed by atoms with Gasteiger partial charge in [0.25, 0.3) is 0 Å². The molecular weight excluding hydrogens is 331 g/mol. The van der Waals surface area contributed by atoms with Crippen LogP contribution < -0.4 is 0 Å². The lowest BCUT2D eigenvalue weighted by Crippen LogP contribution is -1.93. The molecule has 0 aromatic heterocycles. The Hall–Kier alpha value is -0.830. The van der Waals surface area contributed by atoms with Crippen molar-refractivity contribution in [2.45, 2.75) is 24.2 Å². The highest BCUT2D eigenvalue weighted by Crippen LogP contribution is 2.45. The Balaban J connectivity index is 2.12. The Morgan fingerprint density at radius 3 is 2.50 bits per heavy atom. The molecule has 0 saturated carbocycles. The fourth-order valence-electron chi connectivity index (χ4n) is 2.83. The third-order valence-corrected chi connectivity index (χ3v) is 5.80. The van der Waals surface area contributed by atoms with Crippen LogP contribution >= 0.6 is 22.6 Å². The number of benzene rings is 2. The summed E-state index contributed by atoms with van der Waals surface area (Å²) in [5.74, 6) is 0.757. The number of fused-ring (bicyclic) bond motifs is 1. The number of hydrogen-bond donors (Lipinski definition) is 0. The standard InChI is InChI=1S/C17H17I/c1-11-6-8-13(9-7-11)14-4-3-5-15-16(14)10-12(2)17(15)18/h3-9,12,17H,10H2,1-2H3. The summed E-state index contributed by atoms with van der Waals surface area (Å²) >= 11 is 2.59. The van der Waals surface area contributed by atoms with Crippen LogP contribution in [0, 0.1) is 12.8 Å². The molecule has 0 amide bonds. The zero-order valence-electron chi connectivity index (χ0n) is 10.8. The fraction of sp³-hybridized carbons (Fsp3) is 0.294. The van der Waals surface area contributed by atoms with E-state index in [1.807, 2.05) is 0 Å². The van der Waals surface area contributed by atoms with Crippen molar-refractivity contribution in [1.82, 2.24) is 0 Å². The minimum atomic E-state index is 0.669. The minimum absolute atomic E-state index is 0.669. The third kappa shape index (κ3) is 1.99. The summed E-state index contributed by atoms with van der Waals surface area (Å²) in [6, 6.07) is 15.7. The molecule has 0 nitrogen and oxygen atoms in total. The van der Waals surface area contributed by atoms with Crippen LogP contribution in [0.2, 0.25) is 0 Å². The Bertz CT molecular complexity index is 569. The molecule has 2 aromatic carbocycles. The summed E-state index contributed by atoms with van der Waals surface area (Å²) in [5.41, 5.74) is 7.22. The summed E-state index contributed by atoms with van der Waals surface area (Å²) in [7, 11) is 0. The van der Waals surface area contributed by atoms with E-state index in [1.54, 1.807) is 11.1 Å². The molecule has 18 heavy (non-hydrogen) atoms. The molecule has 0 saturated heterocycles. The van der Waals surface area contributed by atoms with E-state index in [2.05, 4.69) is 78.9 Å². The Kier molecular flexibility index (Phi) is 3.18. The molecular formula is C17H17I. The van der Waals surface area contributed by atoms with Crippen LogP contribution in [0.1, 0.15) is 27.5 Å². The van der Waals surface area contributed by atoms with Crippen molar-refractivity contribution in [2.24, 2.45) is 5.92 Å². The van der Waals surface area contributed by atoms with Gasteiger partial charge in [-0.3, -0.25) is 0 Å². The summed E-state index contributed by atoms with van der Waals surface area (Å²) in [5, 5.41) is 0. The molecule has 0 fully saturated rings. The Morgan fingerprint density at radius 1 is 1.06 bits per heavy atom. The van der Waals surface area contributed by atoms with Gasteiger partial charge in [0.05, 0.1) is 0 Å². The number of halogens is 1. The molecule has 1 aliphatic rings. The first-order valence-electron chi connectivity index (χ1n) is 6.49. The maximum Gasteiger partial charge on any atom is 0.0391 e. The van der Waals surface area contributed by atoms with Crippen LogP contribution in [0.15, 0.2) is 42.5 Å². The Labute approximate surface area is 123 Å². The minimum Gasteiger partial charge on any atom is -0.0771 e. The van der Waals surface area contributed by atoms with Crippen molar-refractivity contribution in [3.8, 4) is 11.1 Å². The number of hydrogen-bond acceptors (Lipinski definition) is 0. The van der Waals surface area contributed by atoms with Gasteiger partial charge in [0.15, 0.2) is 0 Å². The summed E-state index contributed by atoms with van der Waals surface area (Å²) in [4.78, 5) is 0. The summed E-state index contributed by atoms with van der Waals surface area (Å²) < 4.78 is 0.669. The monoisotopic (exact) mass is 348 g/mol. The molecule has 0 radical (unpaired) electrons. The zero-order valence-corrected chi connectivity index (χ0v) is 12.9. The van der Waals surface area contributed by atoms with Crippen molar-refractivity contribution in [3.05, 3.63) is 59.2 Å². The van der Waals surface area contributed by atoms with Gasteiger partial charge in [-0.25, -0.2) is 0 Å². The second-order valence-electron chi connectivity index (χ2n) is 5.32. The number of rotatable bonds is 1. The highest BCUT2D eigenvalue weighted by atomic mass is 127. The quantitative estimate of drug-likeness (QED) is 0.483. The zero-order chi connectivity index (χ0) is 12.7. The van der Waals surface area contributed by atoms with E-state index < -0.39 is 0 Å².